The maximum atomic E-state index is 2.40. The van der Waals surface area contributed by atoms with Gasteiger partial charge in [0.2, 0.25) is 0 Å². The zero-order valence-electron chi connectivity index (χ0n) is 15.0. The van der Waals surface area contributed by atoms with E-state index in [4.69, 9.17) is 0 Å². The highest BCUT2D eigenvalue weighted by atomic mass is 14.4. The summed E-state index contributed by atoms with van der Waals surface area (Å²) in [6, 6.07) is 0. The highest BCUT2D eigenvalue weighted by molar-refractivity contribution is 5.43. The molecule has 0 aliphatic heterocycles. The SMILES string of the molecule is CC.CC1=CCC2=C1CCC[C@@H]2C.CC1CCC1(C)C. The largest absolute Gasteiger partial charge is 0.0772 e. The third-order valence-corrected chi connectivity index (χ3v) is 5.71. The second kappa shape index (κ2) is 7.48. The van der Waals surface area contributed by atoms with E-state index in [1.807, 2.05) is 13.8 Å². The standard InChI is InChI=1S/C11H16.C7H14.C2H6/c1-8-4-3-5-10-9(2)6-7-11(8)10;1-6-4-5-7(6,2)3;1-2/h6,8H,3-5,7H2,1-2H3;6H,4-5H2,1-3H3;1-2H3/t8-;;/m0../s1. The van der Waals surface area contributed by atoms with Crippen molar-refractivity contribution in [2.75, 3.05) is 0 Å². The Balaban J connectivity index is 0.000000193. The summed E-state index contributed by atoms with van der Waals surface area (Å²) < 4.78 is 0. The molecule has 1 saturated carbocycles. The molecule has 20 heavy (non-hydrogen) atoms. The van der Waals surface area contributed by atoms with E-state index in [9.17, 15) is 0 Å². The highest BCUT2D eigenvalue weighted by Crippen LogP contribution is 2.45. The zero-order chi connectivity index (χ0) is 15.3. The van der Waals surface area contributed by atoms with Gasteiger partial charge in [0.15, 0.2) is 0 Å². The summed E-state index contributed by atoms with van der Waals surface area (Å²) in [7, 11) is 0. The first-order valence-electron chi connectivity index (χ1n) is 8.81. The molecule has 0 heterocycles. The summed E-state index contributed by atoms with van der Waals surface area (Å²) in [6.45, 7) is 15.7. The molecule has 0 amide bonds. The summed E-state index contributed by atoms with van der Waals surface area (Å²) in [4.78, 5) is 0. The summed E-state index contributed by atoms with van der Waals surface area (Å²) in [5, 5.41) is 0. The fraction of sp³-hybridized carbons (Fsp3) is 0.800. The van der Waals surface area contributed by atoms with Crippen molar-refractivity contribution in [3.8, 4) is 0 Å². The molecular weight excluding hydrogens is 240 g/mol. The quantitative estimate of drug-likeness (QED) is 0.450. The van der Waals surface area contributed by atoms with E-state index in [0.717, 1.165) is 11.8 Å². The van der Waals surface area contributed by atoms with Crippen LogP contribution in [0.4, 0.5) is 0 Å². The van der Waals surface area contributed by atoms with Gasteiger partial charge in [0.25, 0.3) is 0 Å². The van der Waals surface area contributed by atoms with Crippen molar-refractivity contribution in [3.63, 3.8) is 0 Å². The first-order chi connectivity index (χ1) is 9.42. The molecule has 3 aliphatic carbocycles. The van der Waals surface area contributed by atoms with E-state index in [2.05, 4.69) is 40.7 Å². The van der Waals surface area contributed by atoms with Gasteiger partial charge in [0, 0.05) is 0 Å². The average Bonchev–Trinajstić information content (AvgIpc) is 2.84. The van der Waals surface area contributed by atoms with Crippen molar-refractivity contribution in [2.45, 2.75) is 87.0 Å². The third kappa shape index (κ3) is 3.99. The van der Waals surface area contributed by atoms with Gasteiger partial charge < -0.3 is 0 Å². The Labute approximate surface area is 127 Å². The van der Waals surface area contributed by atoms with E-state index >= 15 is 0 Å². The van der Waals surface area contributed by atoms with Crippen LogP contribution in [0.5, 0.6) is 0 Å². The van der Waals surface area contributed by atoms with Gasteiger partial charge in [-0.05, 0) is 68.3 Å². The molecule has 116 valence electrons. The molecular formula is C20H36. The highest BCUT2D eigenvalue weighted by Gasteiger charge is 2.34. The Bertz CT molecular complexity index is 367. The van der Waals surface area contributed by atoms with Crippen molar-refractivity contribution in [1.82, 2.24) is 0 Å². The maximum absolute atomic E-state index is 2.40. The molecule has 1 unspecified atom stereocenters. The van der Waals surface area contributed by atoms with Crippen LogP contribution < -0.4 is 0 Å². The molecule has 0 heteroatoms. The van der Waals surface area contributed by atoms with E-state index < -0.39 is 0 Å². The summed E-state index contributed by atoms with van der Waals surface area (Å²) >= 11 is 0. The maximum Gasteiger partial charge on any atom is -0.0124 e. The Morgan fingerprint density at radius 2 is 1.70 bits per heavy atom. The fourth-order valence-electron chi connectivity index (χ4n) is 3.39. The zero-order valence-corrected chi connectivity index (χ0v) is 15.0. The Morgan fingerprint density at radius 1 is 1.10 bits per heavy atom. The van der Waals surface area contributed by atoms with Crippen LogP contribution >= 0.6 is 0 Å². The third-order valence-electron chi connectivity index (χ3n) is 5.71. The van der Waals surface area contributed by atoms with E-state index in [1.165, 1.54) is 38.5 Å². The van der Waals surface area contributed by atoms with Gasteiger partial charge in [-0.2, -0.15) is 0 Å². The van der Waals surface area contributed by atoms with Gasteiger partial charge in [0.05, 0.1) is 0 Å². The summed E-state index contributed by atoms with van der Waals surface area (Å²) in [6.07, 6.45) is 10.7. The van der Waals surface area contributed by atoms with E-state index in [1.54, 1.807) is 16.7 Å². The molecule has 0 aromatic rings. The molecule has 1 fully saturated rings. The van der Waals surface area contributed by atoms with Gasteiger partial charge in [-0.3, -0.25) is 0 Å². The molecule has 3 aliphatic rings. The molecule has 0 nitrogen and oxygen atoms in total. The second-order valence-electron chi connectivity index (χ2n) is 7.32. The van der Waals surface area contributed by atoms with Gasteiger partial charge in [-0.15, -0.1) is 0 Å². The smallest absolute Gasteiger partial charge is 0.0124 e. The predicted octanol–water partition coefficient (Wildman–Crippen LogP) is 6.92. The van der Waals surface area contributed by atoms with Crippen LogP contribution in [0.2, 0.25) is 0 Å². The monoisotopic (exact) mass is 276 g/mol. The molecule has 2 atom stereocenters. The normalized spacial score (nSPS) is 30.1. The minimum atomic E-state index is 0.681. The Hall–Kier alpha value is -0.520. The lowest BCUT2D eigenvalue weighted by Crippen LogP contribution is -2.31. The van der Waals surface area contributed by atoms with Crippen LogP contribution in [0.15, 0.2) is 22.8 Å². The van der Waals surface area contributed by atoms with Crippen molar-refractivity contribution in [3.05, 3.63) is 22.8 Å². The van der Waals surface area contributed by atoms with Gasteiger partial charge in [0.1, 0.15) is 0 Å². The van der Waals surface area contributed by atoms with Gasteiger partial charge >= 0.3 is 0 Å². The molecule has 0 aromatic heterocycles. The van der Waals surface area contributed by atoms with Gasteiger partial charge in [-0.1, -0.05) is 58.8 Å². The van der Waals surface area contributed by atoms with Crippen LogP contribution in [0.3, 0.4) is 0 Å². The lowest BCUT2D eigenvalue weighted by molar-refractivity contribution is 0.0892. The van der Waals surface area contributed by atoms with Crippen molar-refractivity contribution in [1.29, 1.82) is 0 Å². The van der Waals surface area contributed by atoms with Crippen molar-refractivity contribution >= 4 is 0 Å². The van der Waals surface area contributed by atoms with Crippen LogP contribution in [-0.2, 0) is 0 Å². The lowest BCUT2D eigenvalue weighted by atomic mass is 9.64. The Kier molecular flexibility index (Phi) is 6.55. The van der Waals surface area contributed by atoms with Crippen LogP contribution in [0.25, 0.3) is 0 Å². The Morgan fingerprint density at radius 3 is 2.10 bits per heavy atom. The van der Waals surface area contributed by atoms with Crippen molar-refractivity contribution < 1.29 is 0 Å². The molecule has 0 bridgehead atoms. The minimum absolute atomic E-state index is 0.681. The number of allylic oxidation sites excluding steroid dienone is 4. The number of hydrogen-bond acceptors (Lipinski definition) is 0. The second-order valence-corrected chi connectivity index (χ2v) is 7.32. The van der Waals surface area contributed by atoms with E-state index in [-0.39, 0.29) is 0 Å². The molecule has 0 aromatic carbocycles. The lowest BCUT2D eigenvalue weighted by Gasteiger charge is -2.42. The summed E-state index contributed by atoms with van der Waals surface area (Å²) in [5.74, 6) is 1.85. The minimum Gasteiger partial charge on any atom is -0.0772 e. The molecule has 0 N–H and O–H groups in total. The predicted molar refractivity (Wildman–Crippen MR) is 91.9 cm³/mol. The molecule has 3 rings (SSSR count). The molecule has 0 radical (unpaired) electrons. The average molecular weight is 277 g/mol. The fourth-order valence-corrected chi connectivity index (χ4v) is 3.39. The van der Waals surface area contributed by atoms with E-state index in [0.29, 0.717) is 5.41 Å². The first-order valence-corrected chi connectivity index (χ1v) is 8.81. The van der Waals surface area contributed by atoms with Gasteiger partial charge in [-0.25, -0.2) is 0 Å². The molecule has 0 saturated heterocycles. The topological polar surface area (TPSA) is 0 Å². The number of hydrogen-bond donors (Lipinski definition) is 0. The van der Waals surface area contributed by atoms with Crippen LogP contribution in [0, 0.1) is 17.3 Å². The molecule has 0 spiro atoms. The number of rotatable bonds is 0. The van der Waals surface area contributed by atoms with Crippen molar-refractivity contribution in [2.24, 2.45) is 17.3 Å². The van der Waals surface area contributed by atoms with Crippen LogP contribution in [0.1, 0.15) is 87.0 Å². The first kappa shape index (κ1) is 17.5. The summed E-state index contributed by atoms with van der Waals surface area (Å²) in [5.41, 5.74) is 5.68. The van der Waals surface area contributed by atoms with Crippen LogP contribution in [-0.4, -0.2) is 0 Å².